The summed E-state index contributed by atoms with van der Waals surface area (Å²) in [6.07, 6.45) is 1.74. The van der Waals surface area contributed by atoms with Crippen molar-refractivity contribution in [2.24, 2.45) is 0 Å². The first-order valence-corrected chi connectivity index (χ1v) is 10.5. The molecule has 3 aromatic rings. The van der Waals surface area contributed by atoms with Gasteiger partial charge in [-0.25, -0.2) is 0 Å². The molecule has 30 heavy (non-hydrogen) atoms. The van der Waals surface area contributed by atoms with E-state index in [1.165, 1.54) is 4.90 Å². The summed E-state index contributed by atoms with van der Waals surface area (Å²) in [7, 11) is 0. The Hall–Kier alpha value is -3.31. The van der Waals surface area contributed by atoms with Gasteiger partial charge >= 0.3 is 0 Å². The molecule has 1 saturated heterocycles. The van der Waals surface area contributed by atoms with E-state index in [0.717, 1.165) is 34.0 Å². The Bertz CT molecular complexity index is 1110. The Kier molecular flexibility index (Phi) is 6.00. The molecule has 0 aliphatic carbocycles. The molecule has 0 bridgehead atoms. The molecule has 0 radical (unpaired) electrons. The maximum atomic E-state index is 12.9. The first kappa shape index (κ1) is 20.0. The van der Waals surface area contributed by atoms with Crippen LogP contribution in [0.5, 0.6) is 5.75 Å². The van der Waals surface area contributed by atoms with Gasteiger partial charge in [0.25, 0.3) is 11.1 Å². The highest BCUT2D eigenvalue weighted by Crippen LogP contribution is 2.35. The van der Waals surface area contributed by atoms with Gasteiger partial charge in [-0.05, 0) is 42.0 Å². The van der Waals surface area contributed by atoms with E-state index >= 15 is 0 Å². The monoisotopic (exact) mass is 415 g/mol. The Morgan fingerprint density at radius 3 is 2.43 bits per heavy atom. The minimum atomic E-state index is -0.274. The highest BCUT2D eigenvalue weighted by Gasteiger charge is 2.35. The van der Waals surface area contributed by atoms with Crippen molar-refractivity contribution in [3.8, 4) is 5.75 Å². The second-order valence-corrected chi connectivity index (χ2v) is 8.06. The zero-order chi connectivity index (χ0) is 20.9. The Balaban J connectivity index is 1.52. The van der Waals surface area contributed by atoms with Gasteiger partial charge < -0.3 is 4.74 Å². The van der Waals surface area contributed by atoms with Crippen molar-refractivity contribution in [1.29, 1.82) is 0 Å². The molecule has 5 heteroatoms. The van der Waals surface area contributed by atoms with Gasteiger partial charge in [0.05, 0.1) is 11.4 Å². The van der Waals surface area contributed by atoms with Crippen molar-refractivity contribution in [1.82, 2.24) is 4.90 Å². The van der Waals surface area contributed by atoms with Crippen LogP contribution in [0.2, 0.25) is 0 Å². The van der Waals surface area contributed by atoms with Crippen LogP contribution in [0.1, 0.15) is 22.3 Å². The third-order valence-electron chi connectivity index (χ3n) is 4.74. The van der Waals surface area contributed by atoms with Crippen LogP contribution in [0.15, 0.2) is 83.8 Å². The van der Waals surface area contributed by atoms with Gasteiger partial charge in [-0.15, -0.1) is 0 Å². The summed E-state index contributed by atoms with van der Waals surface area (Å²) in [5.74, 6) is 0.399. The number of nitrogens with zero attached hydrogens (tertiary/aromatic N) is 1. The van der Waals surface area contributed by atoms with E-state index in [9.17, 15) is 9.59 Å². The van der Waals surface area contributed by atoms with Crippen LogP contribution in [0.3, 0.4) is 0 Å². The smallest absolute Gasteiger partial charge is 0.293 e. The first-order valence-electron chi connectivity index (χ1n) is 9.67. The summed E-state index contributed by atoms with van der Waals surface area (Å²) >= 11 is 0.966. The highest BCUT2D eigenvalue weighted by atomic mass is 32.2. The number of para-hydroxylation sites is 1. The number of aryl methyl sites for hydroxylation is 1. The van der Waals surface area contributed by atoms with Gasteiger partial charge in [0.1, 0.15) is 12.4 Å². The molecule has 1 fully saturated rings. The number of carbonyl (C=O) groups is 2. The minimum absolute atomic E-state index is 0.254. The quantitative estimate of drug-likeness (QED) is 0.477. The molecule has 4 nitrogen and oxygen atoms in total. The van der Waals surface area contributed by atoms with E-state index in [1.807, 2.05) is 85.8 Å². The molecule has 1 heterocycles. The number of hydrogen-bond acceptors (Lipinski definition) is 4. The number of carbonyl (C=O) groups excluding carboxylic acids is 2. The van der Waals surface area contributed by atoms with Crippen LogP contribution >= 0.6 is 11.8 Å². The molecule has 1 aliphatic rings. The average Bonchev–Trinajstić information content (AvgIpc) is 3.01. The van der Waals surface area contributed by atoms with E-state index in [1.54, 1.807) is 6.08 Å². The zero-order valence-corrected chi connectivity index (χ0v) is 17.4. The number of ether oxygens (including phenoxy) is 1. The fourth-order valence-electron chi connectivity index (χ4n) is 3.24. The number of benzene rings is 3. The van der Waals surface area contributed by atoms with E-state index < -0.39 is 0 Å². The van der Waals surface area contributed by atoms with Gasteiger partial charge in [-0.3, -0.25) is 14.5 Å². The lowest BCUT2D eigenvalue weighted by atomic mass is 10.1. The number of rotatable bonds is 6. The molecule has 150 valence electrons. The molecule has 0 spiro atoms. The van der Waals surface area contributed by atoms with Gasteiger partial charge in [0.2, 0.25) is 0 Å². The second-order valence-electron chi connectivity index (χ2n) is 7.07. The molecule has 2 amide bonds. The van der Waals surface area contributed by atoms with Crippen LogP contribution < -0.4 is 4.74 Å². The third kappa shape index (κ3) is 4.63. The molecule has 1 aliphatic heterocycles. The second kappa shape index (κ2) is 9.01. The molecule has 4 rings (SSSR count). The molecule has 0 saturated carbocycles. The predicted octanol–water partition coefficient (Wildman–Crippen LogP) is 5.81. The van der Waals surface area contributed by atoms with Crippen molar-refractivity contribution in [2.75, 3.05) is 0 Å². The van der Waals surface area contributed by atoms with Gasteiger partial charge in [-0.2, -0.15) is 0 Å². The van der Waals surface area contributed by atoms with Gasteiger partial charge in [0.15, 0.2) is 0 Å². The molecule has 0 atom stereocenters. The van der Waals surface area contributed by atoms with E-state index in [0.29, 0.717) is 17.3 Å². The maximum absolute atomic E-state index is 12.9. The normalized spacial score (nSPS) is 15.1. The SMILES string of the molecule is Cc1cccc(CN2C(=O)S/C(=C\c3ccccc3OCc3ccccc3)C2=O)c1. The summed E-state index contributed by atoms with van der Waals surface area (Å²) in [6.45, 7) is 2.69. The van der Waals surface area contributed by atoms with E-state index in [-0.39, 0.29) is 17.7 Å². The number of amides is 2. The van der Waals surface area contributed by atoms with Crippen LogP contribution in [0, 0.1) is 6.92 Å². The topological polar surface area (TPSA) is 46.6 Å². The van der Waals surface area contributed by atoms with E-state index in [4.69, 9.17) is 4.74 Å². The third-order valence-corrected chi connectivity index (χ3v) is 5.65. The van der Waals surface area contributed by atoms with Crippen LogP contribution in [-0.4, -0.2) is 16.0 Å². The minimum Gasteiger partial charge on any atom is -0.488 e. The van der Waals surface area contributed by atoms with Crippen molar-refractivity contribution in [2.45, 2.75) is 20.1 Å². The number of hydrogen-bond donors (Lipinski definition) is 0. The summed E-state index contributed by atoms with van der Waals surface area (Å²) in [5.41, 5.74) is 3.87. The lowest BCUT2D eigenvalue weighted by molar-refractivity contribution is -0.123. The molecule has 0 N–H and O–H groups in total. The summed E-state index contributed by atoms with van der Waals surface area (Å²) in [5, 5.41) is -0.254. The molecular weight excluding hydrogens is 394 g/mol. The van der Waals surface area contributed by atoms with Crippen molar-refractivity contribution in [3.63, 3.8) is 0 Å². The average molecular weight is 416 g/mol. The summed E-state index contributed by atoms with van der Waals surface area (Å²) < 4.78 is 5.97. The van der Waals surface area contributed by atoms with Gasteiger partial charge in [-0.1, -0.05) is 78.4 Å². The molecule has 0 unspecified atom stereocenters. The Morgan fingerprint density at radius 2 is 1.63 bits per heavy atom. The molecule has 0 aromatic heterocycles. The van der Waals surface area contributed by atoms with Gasteiger partial charge in [0, 0.05) is 5.56 Å². The standard InChI is InChI=1S/C25H21NO3S/c1-18-8-7-11-20(14-18)16-26-24(27)23(30-25(26)28)15-21-12-5-6-13-22(21)29-17-19-9-3-2-4-10-19/h2-15H,16-17H2,1H3/b23-15-. The molecule has 3 aromatic carbocycles. The fraction of sp³-hybridized carbons (Fsp3) is 0.120. The van der Waals surface area contributed by atoms with Crippen molar-refractivity contribution in [3.05, 3.63) is 106 Å². The van der Waals surface area contributed by atoms with Crippen molar-refractivity contribution >= 4 is 29.0 Å². The van der Waals surface area contributed by atoms with Crippen LogP contribution in [0.25, 0.3) is 6.08 Å². The van der Waals surface area contributed by atoms with Crippen molar-refractivity contribution < 1.29 is 14.3 Å². The number of imide groups is 1. The van der Waals surface area contributed by atoms with Crippen LogP contribution in [0.4, 0.5) is 4.79 Å². The highest BCUT2D eigenvalue weighted by molar-refractivity contribution is 8.18. The Morgan fingerprint density at radius 1 is 0.900 bits per heavy atom. The lowest BCUT2D eigenvalue weighted by Gasteiger charge is -2.13. The largest absolute Gasteiger partial charge is 0.488 e. The summed E-state index contributed by atoms with van der Waals surface area (Å²) in [4.78, 5) is 27.0. The predicted molar refractivity (Wildman–Crippen MR) is 120 cm³/mol. The first-order chi connectivity index (χ1) is 14.6. The number of thioether (sulfide) groups is 1. The van der Waals surface area contributed by atoms with Crippen LogP contribution in [-0.2, 0) is 17.9 Å². The zero-order valence-electron chi connectivity index (χ0n) is 16.6. The maximum Gasteiger partial charge on any atom is 0.293 e. The summed E-state index contributed by atoms with van der Waals surface area (Å²) in [6, 6.07) is 25.3. The fourth-order valence-corrected chi connectivity index (χ4v) is 4.07. The van der Waals surface area contributed by atoms with E-state index in [2.05, 4.69) is 0 Å². The lowest BCUT2D eigenvalue weighted by Crippen LogP contribution is -2.27. The molecular formula is C25H21NO3S. The Labute approximate surface area is 180 Å².